The Morgan fingerprint density at radius 2 is 2.25 bits per heavy atom. The maximum atomic E-state index is 5.93. The first-order valence-electron chi connectivity index (χ1n) is 6.85. The first-order valence-corrected chi connectivity index (χ1v) is 7.73. The summed E-state index contributed by atoms with van der Waals surface area (Å²) in [6.07, 6.45) is 2.52. The number of nitrogens with zero attached hydrogens (tertiary/aromatic N) is 2. The molecule has 1 fully saturated rings. The van der Waals surface area contributed by atoms with Crippen molar-refractivity contribution in [1.29, 1.82) is 0 Å². The molecule has 2 heterocycles. The van der Waals surface area contributed by atoms with Crippen molar-refractivity contribution in [2.75, 3.05) is 24.3 Å². The summed E-state index contributed by atoms with van der Waals surface area (Å²) in [4.78, 5) is 7.95. The summed E-state index contributed by atoms with van der Waals surface area (Å²) in [5, 5.41) is 2.09. The summed E-state index contributed by atoms with van der Waals surface area (Å²) in [7, 11) is 2.03. The van der Waals surface area contributed by atoms with E-state index in [0.29, 0.717) is 17.5 Å². The Hall–Kier alpha value is -1.75. The number of hydrogen-bond donors (Lipinski definition) is 1. The molecule has 20 heavy (non-hydrogen) atoms. The van der Waals surface area contributed by atoms with Crippen LogP contribution in [0.2, 0.25) is 0 Å². The van der Waals surface area contributed by atoms with Gasteiger partial charge in [-0.1, -0.05) is 6.07 Å². The summed E-state index contributed by atoms with van der Waals surface area (Å²) in [5.74, 6) is 2.15. The van der Waals surface area contributed by atoms with Gasteiger partial charge in [-0.05, 0) is 42.3 Å². The number of nitrogens with two attached hydrogens (primary N) is 1. The fourth-order valence-electron chi connectivity index (χ4n) is 1.97. The summed E-state index contributed by atoms with van der Waals surface area (Å²) < 4.78 is 5.73. The van der Waals surface area contributed by atoms with Crippen LogP contribution in [-0.2, 0) is 6.54 Å². The lowest BCUT2D eigenvalue weighted by Crippen LogP contribution is -2.17. The molecular weight excluding hydrogens is 270 g/mol. The standard InChI is InChI=1S/C15H19N3OS/c1-18(9-12-3-2-8-20-12)14-7-6-13(16)15(17-14)19-10-11-4-5-11/h2-3,6-8,11H,4-5,9-10,16H2,1H3. The maximum Gasteiger partial charge on any atom is 0.239 e. The van der Waals surface area contributed by atoms with Crippen LogP contribution in [-0.4, -0.2) is 18.6 Å². The number of aromatic nitrogens is 1. The van der Waals surface area contributed by atoms with Crippen molar-refractivity contribution in [2.24, 2.45) is 5.92 Å². The van der Waals surface area contributed by atoms with Crippen molar-refractivity contribution in [1.82, 2.24) is 4.98 Å². The fraction of sp³-hybridized carbons (Fsp3) is 0.400. The van der Waals surface area contributed by atoms with E-state index in [1.807, 2.05) is 19.2 Å². The van der Waals surface area contributed by atoms with E-state index in [9.17, 15) is 0 Å². The SMILES string of the molecule is CN(Cc1cccs1)c1ccc(N)c(OCC2CC2)n1. The average molecular weight is 289 g/mol. The zero-order valence-electron chi connectivity index (χ0n) is 11.6. The molecule has 0 aromatic carbocycles. The summed E-state index contributed by atoms with van der Waals surface area (Å²) >= 11 is 1.75. The van der Waals surface area contributed by atoms with E-state index < -0.39 is 0 Å². The van der Waals surface area contributed by atoms with Crippen LogP contribution in [0.15, 0.2) is 29.6 Å². The van der Waals surface area contributed by atoms with Crippen LogP contribution in [0.4, 0.5) is 11.5 Å². The molecule has 0 saturated heterocycles. The molecule has 0 aliphatic heterocycles. The van der Waals surface area contributed by atoms with Gasteiger partial charge in [0.25, 0.3) is 0 Å². The van der Waals surface area contributed by atoms with E-state index in [2.05, 4.69) is 27.4 Å². The lowest BCUT2D eigenvalue weighted by molar-refractivity contribution is 0.290. The van der Waals surface area contributed by atoms with Gasteiger partial charge >= 0.3 is 0 Å². The van der Waals surface area contributed by atoms with Gasteiger partial charge in [-0.2, -0.15) is 4.98 Å². The first kappa shape index (κ1) is 13.2. The minimum absolute atomic E-state index is 0.562. The Morgan fingerprint density at radius 1 is 1.40 bits per heavy atom. The number of nitrogen functional groups attached to an aromatic ring is 1. The van der Waals surface area contributed by atoms with Crippen LogP contribution in [0.3, 0.4) is 0 Å². The molecule has 0 spiro atoms. The topological polar surface area (TPSA) is 51.4 Å². The van der Waals surface area contributed by atoms with Gasteiger partial charge in [0.1, 0.15) is 5.82 Å². The second-order valence-electron chi connectivity index (χ2n) is 5.25. The molecule has 5 heteroatoms. The van der Waals surface area contributed by atoms with Gasteiger partial charge in [0.05, 0.1) is 18.8 Å². The molecule has 0 atom stereocenters. The molecule has 106 valence electrons. The van der Waals surface area contributed by atoms with Gasteiger partial charge in [-0.25, -0.2) is 0 Å². The van der Waals surface area contributed by atoms with Crippen molar-refractivity contribution in [2.45, 2.75) is 19.4 Å². The monoisotopic (exact) mass is 289 g/mol. The Kier molecular flexibility index (Phi) is 3.78. The minimum atomic E-state index is 0.562. The largest absolute Gasteiger partial charge is 0.476 e. The van der Waals surface area contributed by atoms with E-state index in [1.54, 1.807) is 11.3 Å². The van der Waals surface area contributed by atoms with Crippen molar-refractivity contribution in [3.8, 4) is 5.88 Å². The third-order valence-electron chi connectivity index (χ3n) is 3.39. The summed E-state index contributed by atoms with van der Waals surface area (Å²) in [5.41, 5.74) is 6.54. The second kappa shape index (κ2) is 5.71. The quantitative estimate of drug-likeness (QED) is 0.887. The van der Waals surface area contributed by atoms with E-state index in [1.165, 1.54) is 17.7 Å². The zero-order chi connectivity index (χ0) is 13.9. The molecule has 3 rings (SSSR count). The van der Waals surface area contributed by atoms with Gasteiger partial charge < -0.3 is 15.4 Å². The van der Waals surface area contributed by atoms with Crippen LogP contribution >= 0.6 is 11.3 Å². The molecule has 1 saturated carbocycles. The highest BCUT2D eigenvalue weighted by Gasteiger charge is 2.22. The number of thiophene rings is 1. The van der Waals surface area contributed by atoms with Crippen molar-refractivity contribution in [3.63, 3.8) is 0 Å². The fourth-order valence-corrected chi connectivity index (χ4v) is 2.73. The first-order chi connectivity index (χ1) is 9.72. The molecule has 2 N–H and O–H groups in total. The Morgan fingerprint density at radius 3 is 2.95 bits per heavy atom. The number of pyridine rings is 1. The zero-order valence-corrected chi connectivity index (χ0v) is 12.4. The van der Waals surface area contributed by atoms with Crippen LogP contribution in [0, 0.1) is 5.92 Å². The van der Waals surface area contributed by atoms with Crippen LogP contribution in [0.1, 0.15) is 17.7 Å². The highest BCUT2D eigenvalue weighted by atomic mass is 32.1. The highest BCUT2D eigenvalue weighted by Crippen LogP contribution is 2.31. The minimum Gasteiger partial charge on any atom is -0.476 e. The van der Waals surface area contributed by atoms with Gasteiger partial charge in [-0.15, -0.1) is 11.3 Å². The molecular formula is C15H19N3OS. The molecule has 0 amide bonds. The molecule has 0 radical (unpaired) electrons. The number of rotatable bonds is 6. The smallest absolute Gasteiger partial charge is 0.239 e. The maximum absolute atomic E-state index is 5.93. The lowest BCUT2D eigenvalue weighted by atomic mass is 10.3. The second-order valence-corrected chi connectivity index (χ2v) is 6.29. The van der Waals surface area contributed by atoms with Gasteiger partial charge in [-0.3, -0.25) is 0 Å². The molecule has 4 nitrogen and oxygen atoms in total. The van der Waals surface area contributed by atoms with Crippen LogP contribution in [0.25, 0.3) is 0 Å². The summed E-state index contributed by atoms with van der Waals surface area (Å²) in [6, 6.07) is 8.00. The normalized spacial score (nSPS) is 14.2. The Labute approximate surface area is 123 Å². The van der Waals surface area contributed by atoms with Crippen LogP contribution < -0.4 is 15.4 Å². The molecule has 1 aliphatic rings. The van der Waals surface area contributed by atoms with Crippen molar-refractivity contribution < 1.29 is 4.74 Å². The van der Waals surface area contributed by atoms with Gasteiger partial charge in [0.15, 0.2) is 0 Å². The summed E-state index contributed by atoms with van der Waals surface area (Å²) in [6.45, 7) is 1.58. The highest BCUT2D eigenvalue weighted by molar-refractivity contribution is 7.09. The Balaban J connectivity index is 1.69. The van der Waals surface area contributed by atoms with E-state index in [-0.39, 0.29) is 0 Å². The third-order valence-corrected chi connectivity index (χ3v) is 4.25. The number of hydrogen-bond acceptors (Lipinski definition) is 5. The average Bonchev–Trinajstić information content (AvgIpc) is 3.14. The number of anilines is 2. The van der Waals surface area contributed by atoms with Gasteiger partial charge in [0, 0.05) is 11.9 Å². The van der Waals surface area contributed by atoms with E-state index >= 15 is 0 Å². The third kappa shape index (κ3) is 3.22. The predicted molar refractivity (Wildman–Crippen MR) is 83.3 cm³/mol. The van der Waals surface area contributed by atoms with Crippen molar-refractivity contribution >= 4 is 22.8 Å². The molecule has 2 aromatic rings. The lowest BCUT2D eigenvalue weighted by Gasteiger charge is -2.18. The number of ether oxygens (including phenoxy) is 1. The Bertz CT molecular complexity index is 567. The van der Waals surface area contributed by atoms with E-state index in [4.69, 9.17) is 10.5 Å². The van der Waals surface area contributed by atoms with Gasteiger partial charge in [0.2, 0.25) is 5.88 Å². The molecule has 2 aromatic heterocycles. The van der Waals surface area contributed by atoms with Crippen LogP contribution in [0.5, 0.6) is 5.88 Å². The molecule has 0 bridgehead atoms. The predicted octanol–water partition coefficient (Wildman–Crippen LogP) is 3.15. The molecule has 0 unspecified atom stereocenters. The molecule has 1 aliphatic carbocycles. The van der Waals surface area contributed by atoms with Crippen molar-refractivity contribution in [3.05, 3.63) is 34.5 Å². The van der Waals surface area contributed by atoms with E-state index in [0.717, 1.165) is 19.0 Å².